The Morgan fingerprint density at radius 2 is 2.03 bits per heavy atom. The Labute approximate surface area is 177 Å². The second kappa shape index (κ2) is 8.76. The first-order valence-electron chi connectivity index (χ1n) is 10.2. The molecule has 6 nitrogen and oxygen atoms in total. The van der Waals surface area contributed by atoms with Crippen molar-refractivity contribution in [1.29, 1.82) is 0 Å². The van der Waals surface area contributed by atoms with Crippen molar-refractivity contribution in [2.75, 3.05) is 19.4 Å². The minimum Gasteiger partial charge on any atom is -0.376 e. The van der Waals surface area contributed by atoms with Crippen molar-refractivity contribution >= 4 is 21.4 Å². The van der Waals surface area contributed by atoms with Gasteiger partial charge in [-0.15, -0.1) is 0 Å². The van der Waals surface area contributed by atoms with Crippen LogP contribution in [-0.4, -0.2) is 48.4 Å². The molecule has 2 heterocycles. The van der Waals surface area contributed by atoms with Gasteiger partial charge in [0.1, 0.15) is 0 Å². The molecule has 1 saturated heterocycles. The van der Waals surface area contributed by atoms with Crippen molar-refractivity contribution in [3.63, 3.8) is 0 Å². The summed E-state index contributed by atoms with van der Waals surface area (Å²) in [6.45, 7) is 2.54. The molecule has 8 heteroatoms. The van der Waals surface area contributed by atoms with E-state index in [9.17, 15) is 8.42 Å². The molecule has 0 bridgehead atoms. The van der Waals surface area contributed by atoms with E-state index in [1.54, 1.807) is 6.20 Å². The van der Waals surface area contributed by atoms with Crippen LogP contribution in [0.25, 0.3) is 0 Å². The molecule has 0 radical (unpaired) electrons. The normalized spacial score (nSPS) is 19.9. The lowest BCUT2D eigenvalue weighted by Crippen LogP contribution is -2.25. The van der Waals surface area contributed by atoms with Crippen LogP contribution in [-0.2, 0) is 34.2 Å². The zero-order valence-electron chi connectivity index (χ0n) is 16.8. The second-order valence-corrected chi connectivity index (χ2v) is 10.6. The standard InChI is InChI=1S/C21H28ClN3O3S/c1-24(12-17-5-2-3-7-20(17)22)13-18-11-23-21(29(26,27)15-16-8-9-16)25(18)14-19-6-4-10-28-19/h2-3,5,7,11,16,19H,4,6,8-10,12-15H2,1H3/t19-/m1/s1. The summed E-state index contributed by atoms with van der Waals surface area (Å²) in [5, 5.41) is 0.931. The number of rotatable bonds is 9. The largest absolute Gasteiger partial charge is 0.376 e. The molecule has 1 aromatic heterocycles. The van der Waals surface area contributed by atoms with E-state index in [2.05, 4.69) is 9.88 Å². The summed E-state index contributed by atoms with van der Waals surface area (Å²) in [5.41, 5.74) is 1.94. The molecule has 4 rings (SSSR count). The number of hydrogen-bond donors (Lipinski definition) is 0. The van der Waals surface area contributed by atoms with Crippen LogP contribution in [0.15, 0.2) is 35.6 Å². The fraction of sp³-hybridized carbons (Fsp3) is 0.571. The van der Waals surface area contributed by atoms with Gasteiger partial charge in [0, 0.05) is 24.7 Å². The van der Waals surface area contributed by atoms with E-state index in [0.29, 0.717) is 25.6 Å². The van der Waals surface area contributed by atoms with Gasteiger partial charge in [0.25, 0.3) is 0 Å². The van der Waals surface area contributed by atoms with Gasteiger partial charge in [-0.2, -0.15) is 0 Å². The Kier molecular flexibility index (Phi) is 6.30. The molecule has 1 aromatic carbocycles. The quantitative estimate of drug-likeness (QED) is 0.600. The first-order chi connectivity index (χ1) is 13.9. The van der Waals surface area contributed by atoms with Crippen molar-refractivity contribution < 1.29 is 13.2 Å². The van der Waals surface area contributed by atoms with Gasteiger partial charge in [-0.3, -0.25) is 4.90 Å². The monoisotopic (exact) mass is 437 g/mol. The number of nitrogens with zero attached hydrogens (tertiary/aromatic N) is 3. The average molecular weight is 438 g/mol. The Balaban J connectivity index is 1.55. The highest BCUT2D eigenvalue weighted by atomic mass is 35.5. The lowest BCUT2D eigenvalue weighted by Gasteiger charge is -2.21. The molecule has 29 heavy (non-hydrogen) atoms. The Morgan fingerprint density at radius 3 is 2.72 bits per heavy atom. The first kappa shape index (κ1) is 20.8. The highest BCUT2D eigenvalue weighted by Crippen LogP contribution is 2.32. The number of sulfone groups is 1. The summed E-state index contributed by atoms with van der Waals surface area (Å²) in [5.74, 6) is 0.490. The van der Waals surface area contributed by atoms with Crippen molar-refractivity contribution in [1.82, 2.24) is 14.5 Å². The van der Waals surface area contributed by atoms with Crippen molar-refractivity contribution in [3.05, 3.63) is 46.7 Å². The number of ether oxygens (including phenoxy) is 1. The Bertz CT molecular complexity index is 950. The highest BCUT2D eigenvalue weighted by molar-refractivity contribution is 7.91. The fourth-order valence-electron chi connectivity index (χ4n) is 3.87. The molecule has 0 spiro atoms. The maximum atomic E-state index is 13.0. The number of hydrogen-bond acceptors (Lipinski definition) is 5. The van der Waals surface area contributed by atoms with E-state index >= 15 is 0 Å². The van der Waals surface area contributed by atoms with Gasteiger partial charge in [0.05, 0.1) is 30.3 Å². The van der Waals surface area contributed by atoms with Crippen LogP contribution in [0.4, 0.5) is 0 Å². The highest BCUT2D eigenvalue weighted by Gasteiger charge is 2.33. The van der Waals surface area contributed by atoms with Gasteiger partial charge >= 0.3 is 0 Å². The van der Waals surface area contributed by atoms with Gasteiger partial charge in [-0.25, -0.2) is 13.4 Å². The first-order valence-corrected chi connectivity index (χ1v) is 12.3. The minimum absolute atomic E-state index is 0.0479. The molecule has 2 aliphatic rings. The van der Waals surface area contributed by atoms with E-state index in [4.69, 9.17) is 16.3 Å². The number of benzene rings is 1. The summed E-state index contributed by atoms with van der Waals surface area (Å²) in [4.78, 5) is 6.48. The topological polar surface area (TPSA) is 64.4 Å². The third-order valence-corrected chi connectivity index (χ3v) is 7.73. The smallest absolute Gasteiger partial charge is 0.227 e. The van der Waals surface area contributed by atoms with E-state index < -0.39 is 9.84 Å². The molecule has 158 valence electrons. The zero-order chi connectivity index (χ0) is 20.4. The maximum absolute atomic E-state index is 13.0. The number of imidazole rings is 1. The van der Waals surface area contributed by atoms with E-state index in [-0.39, 0.29) is 17.0 Å². The molecule has 1 atom stereocenters. The third kappa shape index (κ3) is 5.20. The van der Waals surface area contributed by atoms with Crippen molar-refractivity contribution in [3.8, 4) is 0 Å². The van der Waals surface area contributed by atoms with Crippen molar-refractivity contribution in [2.24, 2.45) is 5.92 Å². The van der Waals surface area contributed by atoms with E-state index in [1.807, 2.05) is 35.9 Å². The molecular weight excluding hydrogens is 410 g/mol. The summed E-state index contributed by atoms with van der Waals surface area (Å²) in [7, 11) is -1.39. The van der Waals surface area contributed by atoms with Gasteiger partial charge in [-0.1, -0.05) is 29.8 Å². The Hall–Kier alpha value is -1.41. The predicted octanol–water partition coefficient (Wildman–Crippen LogP) is 3.53. The Morgan fingerprint density at radius 1 is 1.24 bits per heavy atom. The van der Waals surface area contributed by atoms with Crippen LogP contribution in [0.1, 0.15) is 36.9 Å². The summed E-state index contributed by atoms with van der Waals surface area (Å²) in [6.07, 6.45) is 5.72. The van der Waals surface area contributed by atoms with Gasteiger partial charge in [0.15, 0.2) is 0 Å². The van der Waals surface area contributed by atoms with Crippen molar-refractivity contribution in [2.45, 2.75) is 56.6 Å². The van der Waals surface area contributed by atoms with E-state index in [0.717, 1.165) is 48.6 Å². The lowest BCUT2D eigenvalue weighted by atomic mass is 10.2. The van der Waals surface area contributed by atoms with Gasteiger partial charge in [-0.05, 0) is 50.3 Å². The molecule has 1 aliphatic carbocycles. The molecule has 2 fully saturated rings. The van der Waals surface area contributed by atoms with Crippen LogP contribution in [0.5, 0.6) is 0 Å². The van der Waals surface area contributed by atoms with Crippen LogP contribution >= 0.6 is 11.6 Å². The molecule has 0 amide bonds. The van der Waals surface area contributed by atoms with Gasteiger partial charge in [0.2, 0.25) is 15.0 Å². The van der Waals surface area contributed by atoms with Crippen LogP contribution in [0, 0.1) is 5.92 Å². The number of halogens is 1. The zero-order valence-corrected chi connectivity index (χ0v) is 18.3. The SMILES string of the molecule is CN(Cc1ccccc1Cl)Cc1cnc(S(=O)(=O)CC2CC2)n1C[C@H]1CCCO1. The lowest BCUT2D eigenvalue weighted by molar-refractivity contribution is 0.0934. The molecule has 1 saturated carbocycles. The van der Waals surface area contributed by atoms with E-state index in [1.165, 1.54) is 0 Å². The molecular formula is C21H28ClN3O3S. The average Bonchev–Trinajstić information content (AvgIpc) is 3.15. The second-order valence-electron chi connectivity index (χ2n) is 8.27. The maximum Gasteiger partial charge on any atom is 0.227 e. The third-order valence-electron chi connectivity index (χ3n) is 5.57. The molecule has 0 unspecified atom stereocenters. The summed E-state index contributed by atoms with van der Waals surface area (Å²) >= 11 is 6.29. The fourth-order valence-corrected chi connectivity index (χ4v) is 5.91. The molecule has 1 aliphatic heterocycles. The van der Waals surface area contributed by atoms with Crippen LogP contribution in [0.2, 0.25) is 5.02 Å². The van der Waals surface area contributed by atoms with Gasteiger partial charge < -0.3 is 9.30 Å². The molecule has 0 N–H and O–H groups in total. The summed E-state index contributed by atoms with van der Waals surface area (Å²) < 4.78 is 33.6. The summed E-state index contributed by atoms with van der Waals surface area (Å²) in [6, 6.07) is 7.78. The molecule has 2 aromatic rings. The minimum atomic E-state index is -3.39. The predicted molar refractivity (Wildman–Crippen MR) is 113 cm³/mol. The van der Waals surface area contributed by atoms with Crippen LogP contribution in [0.3, 0.4) is 0 Å². The van der Waals surface area contributed by atoms with Crippen LogP contribution < -0.4 is 0 Å². The number of aromatic nitrogens is 2.